The fourth-order valence-corrected chi connectivity index (χ4v) is 4.18. The van der Waals surface area contributed by atoms with Crippen LogP contribution in [0.2, 0.25) is 0 Å². The maximum Gasteiger partial charge on any atom is 0.191 e. The van der Waals surface area contributed by atoms with Crippen LogP contribution in [0.3, 0.4) is 0 Å². The molecule has 1 aromatic carbocycles. The lowest BCUT2D eigenvalue weighted by Crippen LogP contribution is -2.49. The Kier molecular flexibility index (Phi) is 8.62. The number of hydrogen-bond donors (Lipinski definition) is 2. The highest BCUT2D eigenvalue weighted by atomic mass is 16.5. The molecule has 0 radical (unpaired) electrons. The number of benzene rings is 1. The van der Waals surface area contributed by atoms with Gasteiger partial charge in [0.2, 0.25) is 0 Å². The Bertz CT molecular complexity index is 650. The minimum Gasteiger partial charge on any atom is -0.496 e. The van der Waals surface area contributed by atoms with E-state index < -0.39 is 0 Å². The van der Waals surface area contributed by atoms with Crippen LogP contribution < -0.4 is 15.4 Å². The summed E-state index contributed by atoms with van der Waals surface area (Å²) in [5.74, 6) is 2.63. The van der Waals surface area contributed by atoms with Crippen LogP contribution in [-0.4, -0.2) is 69.9 Å². The van der Waals surface area contributed by atoms with Gasteiger partial charge in [0, 0.05) is 45.4 Å². The second kappa shape index (κ2) is 11.4. The van der Waals surface area contributed by atoms with Gasteiger partial charge in [-0.2, -0.15) is 0 Å². The quantitative estimate of drug-likeness (QED) is 0.517. The fourth-order valence-electron chi connectivity index (χ4n) is 4.18. The largest absolute Gasteiger partial charge is 0.496 e. The molecule has 162 valence electrons. The molecule has 6 nitrogen and oxygen atoms in total. The van der Waals surface area contributed by atoms with Gasteiger partial charge < -0.3 is 25.0 Å². The summed E-state index contributed by atoms with van der Waals surface area (Å²) < 4.78 is 10.9. The molecule has 2 saturated heterocycles. The molecule has 6 heteroatoms. The summed E-state index contributed by atoms with van der Waals surface area (Å²) in [5.41, 5.74) is 2.43. The zero-order valence-electron chi connectivity index (χ0n) is 18.4. The van der Waals surface area contributed by atoms with E-state index in [4.69, 9.17) is 14.5 Å². The number of hydrogen-bond acceptors (Lipinski definition) is 4. The molecule has 2 aliphatic heterocycles. The number of likely N-dealkylation sites (tertiary alicyclic amines) is 1. The maximum absolute atomic E-state index is 5.52. The molecule has 2 N–H and O–H groups in total. The number of guanidine groups is 1. The second-order valence-corrected chi connectivity index (χ2v) is 8.26. The van der Waals surface area contributed by atoms with Gasteiger partial charge in [0.05, 0.1) is 13.7 Å². The van der Waals surface area contributed by atoms with Crippen molar-refractivity contribution in [2.75, 3.05) is 53.0 Å². The third-order valence-corrected chi connectivity index (χ3v) is 5.96. The minimum atomic E-state index is 0.503. The van der Waals surface area contributed by atoms with E-state index in [9.17, 15) is 0 Å². The first kappa shape index (κ1) is 21.9. The Labute approximate surface area is 176 Å². The van der Waals surface area contributed by atoms with Crippen LogP contribution in [-0.2, 0) is 11.2 Å². The van der Waals surface area contributed by atoms with Crippen LogP contribution in [0.4, 0.5) is 0 Å². The van der Waals surface area contributed by atoms with E-state index in [0.29, 0.717) is 6.04 Å². The monoisotopic (exact) mass is 402 g/mol. The predicted octanol–water partition coefficient (Wildman–Crippen LogP) is 2.60. The normalized spacial score (nSPS) is 21.3. The van der Waals surface area contributed by atoms with E-state index in [-0.39, 0.29) is 0 Å². The summed E-state index contributed by atoms with van der Waals surface area (Å²) in [6.45, 7) is 11.2. The molecule has 1 atom stereocenters. The van der Waals surface area contributed by atoms with E-state index in [0.717, 1.165) is 63.4 Å². The standard InChI is InChI=1S/C23H38N4O2/c1-4-24-23(25-11-7-19-6-5-18(2)22(15-19)28-3)26-21-8-12-27(13-9-21)16-20-10-14-29-17-20/h5-6,15,20-21H,4,7-14,16-17H2,1-3H3,(H2,24,25,26). The third-order valence-electron chi connectivity index (χ3n) is 5.96. The van der Waals surface area contributed by atoms with Crippen LogP contribution in [0, 0.1) is 12.8 Å². The molecule has 2 heterocycles. The van der Waals surface area contributed by atoms with Crippen molar-refractivity contribution in [2.24, 2.45) is 10.9 Å². The lowest BCUT2D eigenvalue weighted by molar-refractivity contribution is 0.150. The van der Waals surface area contributed by atoms with Crippen molar-refractivity contribution in [3.8, 4) is 5.75 Å². The first-order chi connectivity index (χ1) is 14.2. The van der Waals surface area contributed by atoms with Gasteiger partial charge in [0.25, 0.3) is 0 Å². The number of nitrogens with one attached hydrogen (secondary N) is 2. The average molecular weight is 403 g/mol. The number of methoxy groups -OCH3 is 1. The molecule has 0 amide bonds. The minimum absolute atomic E-state index is 0.503. The molecule has 3 rings (SSSR count). The average Bonchev–Trinajstić information content (AvgIpc) is 3.24. The first-order valence-electron chi connectivity index (χ1n) is 11.2. The molecular formula is C23H38N4O2. The molecule has 0 aromatic heterocycles. The molecule has 0 bridgehead atoms. The van der Waals surface area contributed by atoms with Gasteiger partial charge in [-0.15, -0.1) is 0 Å². The van der Waals surface area contributed by atoms with Gasteiger partial charge in [-0.1, -0.05) is 12.1 Å². The van der Waals surface area contributed by atoms with E-state index in [1.165, 1.54) is 36.9 Å². The van der Waals surface area contributed by atoms with E-state index in [1.807, 2.05) is 0 Å². The molecule has 1 aromatic rings. The number of rotatable bonds is 8. The van der Waals surface area contributed by atoms with Crippen molar-refractivity contribution in [3.05, 3.63) is 29.3 Å². The molecule has 0 saturated carbocycles. The maximum atomic E-state index is 5.52. The van der Waals surface area contributed by atoms with Crippen molar-refractivity contribution >= 4 is 5.96 Å². The van der Waals surface area contributed by atoms with Crippen LogP contribution >= 0.6 is 0 Å². The zero-order valence-corrected chi connectivity index (χ0v) is 18.4. The van der Waals surface area contributed by atoms with Gasteiger partial charge in [0.1, 0.15) is 5.75 Å². The van der Waals surface area contributed by atoms with Crippen molar-refractivity contribution in [1.82, 2.24) is 15.5 Å². The summed E-state index contributed by atoms with van der Waals surface area (Å²) in [6, 6.07) is 6.91. The predicted molar refractivity (Wildman–Crippen MR) is 119 cm³/mol. The summed E-state index contributed by atoms with van der Waals surface area (Å²) in [7, 11) is 1.73. The Hall–Kier alpha value is -1.79. The van der Waals surface area contributed by atoms with E-state index in [1.54, 1.807) is 7.11 Å². The van der Waals surface area contributed by atoms with Crippen LogP contribution in [0.1, 0.15) is 37.3 Å². The van der Waals surface area contributed by atoms with Gasteiger partial charge in [-0.05, 0) is 62.6 Å². The van der Waals surface area contributed by atoms with E-state index >= 15 is 0 Å². The number of nitrogens with zero attached hydrogens (tertiary/aromatic N) is 2. The molecular weight excluding hydrogens is 364 g/mol. The highest BCUT2D eigenvalue weighted by Crippen LogP contribution is 2.19. The first-order valence-corrected chi connectivity index (χ1v) is 11.2. The topological polar surface area (TPSA) is 58.1 Å². The Balaban J connectivity index is 1.44. The fraction of sp³-hybridized carbons (Fsp3) is 0.696. The summed E-state index contributed by atoms with van der Waals surface area (Å²) in [6.07, 6.45) is 4.48. The zero-order chi connectivity index (χ0) is 20.5. The van der Waals surface area contributed by atoms with E-state index in [2.05, 4.69) is 47.6 Å². The highest BCUT2D eigenvalue weighted by Gasteiger charge is 2.24. The molecule has 0 spiro atoms. The SMILES string of the molecule is CCNC(=NCCc1ccc(C)c(OC)c1)NC1CCN(CC2CCOC2)CC1. The molecule has 2 fully saturated rings. The molecule has 2 aliphatic rings. The highest BCUT2D eigenvalue weighted by molar-refractivity contribution is 5.80. The summed E-state index contributed by atoms with van der Waals surface area (Å²) >= 11 is 0. The molecule has 0 aliphatic carbocycles. The number of aliphatic imine (C=N–C) groups is 1. The summed E-state index contributed by atoms with van der Waals surface area (Å²) in [5, 5.41) is 7.05. The number of piperidine rings is 1. The van der Waals surface area contributed by atoms with Crippen LogP contribution in [0.5, 0.6) is 5.75 Å². The van der Waals surface area contributed by atoms with Gasteiger partial charge in [0.15, 0.2) is 5.96 Å². The van der Waals surface area contributed by atoms with Gasteiger partial charge in [-0.3, -0.25) is 4.99 Å². The van der Waals surface area contributed by atoms with Crippen molar-refractivity contribution in [1.29, 1.82) is 0 Å². The van der Waals surface area contributed by atoms with Crippen LogP contribution in [0.15, 0.2) is 23.2 Å². The Morgan fingerprint density at radius 2 is 2.10 bits per heavy atom. The lowest BCUT2D eigenvalue weighted by atomic mass is 10.0. The third kappa shape index (κ3) is 6.89. The molecule has 29 heavy (non-hydrogen) atoms. The van der Waals surface area contributed by atoms with Gasteiger partial charge >= 0.3 is 0 Å². The Morgan fingerprint density at radius 3 is 2.79 bits per heavy atom. The smallest absolute Gasteiger partial charge is 0.191 e. The van der Waals surface area contributed by atoms with Crippen molar-refractivity contribution in [3.63, 3.8) is 0 Å². The Morgan fingerprint density at radius 1 is 1.28 bits per heavy atom. The second-order valence-electron chi connectivity index (χ2n) is 8.26. The number of aryl methyl sites for hydroxylation is 1. The summed E-state index contributed by atoms with van der Waals surface area (Å²) in [4.78, 5) is 7.41. The van der Waals surface area contributed by atoms with Gasteiger partial charge in [-0.25, -0.2) is 0 Å². The number of ether oxygens (including phenoxy) is 2. The van der Waals surface area contributed by atoms with Crippen molar-refractivity contribution in [2.45, 2.75) is 45.6 Å². The molecule has 1 unspecified atom stereocenters. The lowest BCUT2D eigenvalue weighted by Gasteiger charge is -2.34. The van der Waals surface area contributed by atoms with Crippen molar-refractivity contribution < 1.29 is 9.47 Å². The van der Waals surface area contributed by atoms with Crippen LogP contribution in [0.25, 0.3) is 0 Å².